The largest absolute Gasteiger partial charge is 0.366 e. The monoisotopic (exact) mass is 208 g/mol. The van der Waals surface area contributed by atoms with Crippen LogP contribution in [0.15, 0.2) is 6.07 Å². The predicted octanol–water partition coefficient (Wildman–Crippen LogP) is 1.63. The number of primary amides is 1. The number of amides is 1. The highest BCUT2D eigenvalue weighted by Crippen LogP contribution is 2.19. The zero-order valence-corrected chi connectivity index (χ0v) is 7.16. The molecule has 1 amide bonds. The van der Waals surface area contributed by atoms with Crippen LogP contribution in [0.2, 0.25) is 10.3 Å². The molecule has 0 radical (unpaired) electrons. The summed E-state index contributed by atoms with van der Waals surface area (Å²) in [5.41, 5.74) is 4.47. The molecule has 0 saturated heterocycles. The Morgan fingerprint density at radius 2 is 2.17 bits per heavy atom. The lowest BCUT2D eigenvalue weighted by Crippen LogP contribution is -2.13. The summed E-state index contributed by atoms with van der Waals surface area (Å²) in [6, 6.07) is 1.02. The first-order valence-corrected chi connectivity index (χ1v) is 3.59. The van der Waals surface area contributed by atoms with Gasteiger partial charge in [0.05, 0.1) is 5.56 Å². The van der Waals surface area contributed by atoms with Gasteiger partial charge < -0.3 is 5.73 Å². The SMILES string of the molecule is NC(=O)c1cc(Cl)nc(Cl)c1F. The van der Waals surface area contributed by atoms with Gasteiger partial charge in [-0.2, -0.15) is 0 Å². The summed E-state index contributed by atoms with van der Waals surface area (Å²) in [5, 5.41) is -0.536. The number of carbonyl (C=O) groups is 1. The maximum absolute atomic E-state index is 12.9. The molecule has 0 unspecified atom stereocenters. The second-order valence-electron chi connectivity index (χ2n) is 1.96. The van der Waals surface area contributed by atoms with Gasteiger partial charge in [-0.05, 0) is 6.07 Å². The molecular formula is C6H3Cl2FN2O. The van der Waals surface area contributed by atoms with Crippen LogP contribution in [0, 0.1) is 5.82 Å². The van der Waals surface area contributed by atoms with E-state index in [-0.39, 0.29) is 10.7 Å². The molecule has 0 spiro atoms. The summed E-state index contributed by atoms with van der Waals surface area (Å²) in [6.45, 7) is 0. The molecule has 64 valence electrons. The fourth-order valence-electron chi connectivity index (χ4n) is 0.648. The molecule has 2 N–H and O–H groups in total. The van der Waals surface area contributed by atoms with Gasteiger partial charge in [0.25, 0.3) is 5.91 Å². The predicted molar refractivity (Wildman–Crippen MR) is 42.7 cm³/mol. The van der Waals surface area contributed by atoms with Gasteiger partial charge in [0.2, 0.25) is 0 Å². The van der Waals surface area contributed by atoms with E-state index in [1.54, 1.807) is 0 Å². The molecule has 1 aromatic rings. The third kappa shape index (κ3) is 1.65. The first-order chi connectivity index (χ1) is 5.52. The number of rotatable bonds is 1. The molecule has 0 saturated carbocycles. The van der Waals surface area contributed by atoms with E-state index in [2.05, 4.69) is 4.98 Å². The normalized spacial score (nSPS) is 9.92. The van der Waals surface area contributed by atoms with Crippen LogP contribution >= 0.6 is 23.2 Å². The van der Waals surface area contributed by atoms with Crippen LogP contribution in [0.3, 0.4) is 0 Å². The van der Waals surface area contributed by atoms with Crippen LogP contribution in [-0.2, 0) is 0 Å². The Balaban J connectivity index is 3.37. The fourth-order valence-corrected chi connectivity index (χ4v) is 1.08. The number of carbonyl (C=O) groups excluding carboxylic acids is 1. The summed E-state index contributed by atoms with van der Waals surface area (Å²) < 4.78 is 12.9. The van der Waals surface area contributed by atoms with Crippen molar-refractivity contribution in [3.63, 3.8) is 0 Å². The Bertz CT molecular complexity index is 343. The van der Waals surface area contributed by atoms with Crippen LogP contribution < -0.4 is 5.73 Å². The molecule has 3 nitrogen and oxygen atoms in total. The number of hydrogen-bond acceptors (Lipinski definition) is 2. The molecule has 0 fully saturated rings. The molecule has 0 aliphatic rings. The first-order valence-electron chi connectivity index (χ1n) is 2.83. The van der Waals surface area contributed by atoms with Crippen LogP contribution in [0.5, 0.6) is 0 Å². The third-order valence-electron chi connectivity index (χ3n) is 1.15. The van der Waals surface area contributed by atoms with Crippen LogP contribution in [0.25, 0.3) is 0 Å². The van der Waals surface area contributed by atoms with Gasteiger partial charge in [-0.15, -0.1) is 0 Å². The smallest absolute Gasteiger partial charge is 0.251 e. The maximum Gasteiger partial charge on any atom is 0.251 e. The molecule has 1 heterocycles. The minimum absolute atomic E-state index is 0.0739. The van der Waals surface area contributed by atoms with Crippen LogP contribution in [-0.4, -0.2) is 10.9 Å². The summed E-state index contributed by atoms with van der Waals surface area (Å²) in [7, 11) is 0. The zero-order valence-electron chi connectivity index (χ0n) is 5.64. The Kier molecular flexibility index (Phi) is 2.49. The summed E-state index contributed by atoms with van der Waals surface area (Å²) >= 11 is 10.7. The Morgan fingerprint density at radius 1 is 1.58 bits per heavy atom. The molecular weight excluding hydrogens is 206 g/mol. The van der Waals surface area contributed by atoms with Crippen molar-refractivity contribution in [2.24, 2.45) is 5.73 Å². The van der Waals surface area contributed by atoms with Crippen LogP contribution in [0.1, 0.15) is 10.4 Å². The van der Waals surface area contributed by atoms with Gasteiger partial charge in [-0.3, -0.25) is 4.79 Å². The highest BCUT2D eigenvalue weighted by atomic mass is 35.5. The standard InChI is InChI=1S/C6H3Cl2FN2O/c7-3-1-2(6(10)12)4(9)5(8)11-3/h1H,(H2,10,12). The summed E-state index contributed by atoms with van der Waals surface area (Å²) in [4.78, 5) is 13.9. The molecule has 1 aromatic heterocycles. The molecule has 1 rings (SSSR count). The number of pyridine rings is 1. The van der Waals surface area contributed by atoms with E-state index in [0.717, 1.165) is 6.07 Å². The highest BCUT2D eigenvalue weighted by Gasteiger charge is 2.13. The minimum Gasteiger partial charge on any atom is -0.366 e. The molecule has 0 bridgehead atoms. The molecule has 6 heteroatoms. The average molecular weight is 209 g/mol. The average Bonchev–Trinajstić information content (AvgIpc) is 1.96. The number of hydrogen-bond donors (Lipinski definition) is 1. The third-order valence-corrected chi connectivity index (χ3v) is 1.60. The lowest BCUT2D eigenvalue weighted by molar-refractivity contribution is 0.0996. The lowest BCUT2D eigenvalue weighted by Gasteiger charge is -1.99. The summed E-state index contributed by atoms with van der Waals surface area (Å²) in [5.74, 6) is -1.88. The Hall–Kier alpha value is -0.870. The van der Waals surface area contributed by atoms with Crippen molar-refractivity contribution in [1.82, 2.24) is 4.98 Å². The van der Waals surface area contributed by atoms with E-state index in [4.69, 9.17) is 28.9 Å². The van der Waals surface area contributed by atoms with E-state index in [1.165, 1.54) is 0 Å². The number of aromatic nitrogens is 1. The van der Waals surface area contributed by atoms with Crippen molar-refractivity contribution < 1.29 is 9.18 Å². The molecule has 12 heavy (non-hydrogen) atoms. The van der Waals surface area contributed by atoms with Crippen molar-refractivity contribution in [3.8, 4) is 0 Å². The van der Waals surface area contributed by atoms with Gasteiger partial charge in [0, 0.05) is 0 Å². The summed E-state index contributed by atoms with van der Waals surface area (Å²) in [6.07, 6.45) is 0. The molecule has 0 aliphatic heterocycles. The van der Waals surface area contributed by atoms with Gasteiger partial charge in [-0.25, -0.2) is 9.37 Å². The molecule has 0 aliphatic carbocycles. The van der Waals surface area contributed by atoms with Crippen molar-refractivity contribution in [1.29, 1.82) is 0 Å². The molecule has 0 aromatic carbocycles. The first kappa shape index (κ1) is 9.22. The molecule has 0 atom stereocenters. The van der Waals surface area contributed by atoms with E-state index in [9.17, 15) is 9.18 Å². The quantitative estimate of drug-likeness (QED) is 0.714. The minimum atomic E-state index is -0.950. The van der Waals surface area contributed by atoms with E-state index in [1.807, 2.05) is 0 Å². The Labute approximate surface area is 77.3 Å². The number of nitrogens with two attached hydrogens (primary N) is 1. The lowest BCUT2D eigenvalue weighted by atomic mass is 10.2. The van der Waals surface area contributed by atoms with Gasteiger partial charge in [0.1, 0.15) is 5.15 Å². The van der Waals surface area contributed by atoms with E-state index >= 15 is 0 Å². The van der Waals surface area contributed by atoms with E-state index in [0.29, 0.717) is 0 Å². The fraction of sp³-hybridized carbons (Fsp3) is 0. The second-order valence-corrected chi connectivity index (χ2v) is 2.71. The van der Waals surface area contributed by atoms with E-state index < -0.39 is 16.9 Å². The topological polar surface area (TPSA) is 56.0 Å². The van der Waals surface area contributed by atoms with Crippen molar-refractivity contribution >= 4 is 29.1 Å². The van der Waals surface area contributed by atoms with Crippen molar-refractivity contribution in [3.05, 3.63) is 27.8 Å². The van der Waals surface area contributed by atoms with Gasteiger partial charge >= 0.3 is 0 Å². The Morgan fingerprint density at radius 3 is 2.67 bits per heavy atom. The maximum atomic E-state index is 12.9. The van der Waals surface area contributed by atoms with Crippen LogP contribution in [0.4, 0.5) is 4.39 Å². The number of nitrogens with zero attached hydrogens (tertiary/aromatic N) is 1. The second kappa shape index (κ2) is 3.25. The highest BCUT2D eigenvalue weighted by molar-refractivity contribution is 6.33. The van der Waals surface area contributed by atoms with Crippen molar-refractivity contribution in [2.45, 2.75) is 0 Å². The van der Waals surface area contributed by atoms with Gasteiger partial charge in [0.15, 0.2) is 11.0 Å². The van der Waals surface area contributed by atoms with Crippen molar-refractivity contribution in [2.75, 3.05) is 0 Å². The number of halogens is 3. The zero-order chi connectivity index (χ0) is 9.30. The van der Waals surface area contributed by atoms with Gasteiger partial charge in [-0.1, -0.05) is 23.2 Å².